The molecule has 0 radical (unpaired) electrons. The molecule has 1 amide bonds. The highest BCUT2D eigenvalue weighted by atomic mass is 32.2. The summed E-state index contributed by atoms with van der Waals surface area (Å²) in [6, 6.07) is 13.7. The van der Waals surface area contributed by atoms with Crippen LogP contribution in [0.5, 0.6) is 0 Å². The van der Waals surface area contributed by atoms with E-state index in [4.69, 9.17) is 10.8 Å². The zero-order valence-corrected chi connectivity index (χ0v) is 24.2. The smallest absolute Gasteiger partial charge is 0.335 e. The molecule has 0 bridgehead atoms. The monoisotopic (exact) mass is 604 g/mol. The Labute approximate surface area is 248 Å². The van der Waals surface area contributed by atoms with Gasteiger partial charge in [0.2, 0.25) is 11.0 Å². The quantitative estimate of drug-likeness (QED) is 0.311. The van der Waals surface area contributed by atoms with Gasteiger partial charge in [-0.15, -0.1) is 10.2 Å². The third kappa shape index (κ3) is 5.77. The molecule has 10 nitrogen and oxygen atoms in total. The van der Waals surface area contributed by atoms with Crippen molar-refractivity contribution in [3.8, 4) is 6.07 Å². The van der Waals surface area contributed by atoms with E-state index in [1.54, 1.807) is 17.0 Å². The van der Waals surface area contributed by atoms with Gasteiger partial charge in [0.1, 0.15) is 11.6 Å². The van der Waals surface area contributed by atoms with Gasteiger partial charge in [-0.2, -0.15) is 5.26 Å². The van der Waals surface area contributed by atoms with Gasteiger partial charge in [0, 0.05) is 23.4 Å². The molecule has 13 heteroatoms. The number of aromatic carboxylic acids is 1. The number of rotatable bonds is 7. The van der Waals surface area contributed by atoms with Crippen LogP contribution in [0.3, 0.4) is 0 Å². The number of thioether (sulfide) groups is 1. The molecule has 0 spiro atoms. The Morgan fingerprint density at radius 1 is 1.19 bits per heavy atom. The molecule has 0 fully saturated rings. The van der Waals surface area contributed by atoms with Crippen LogP contribution in [0.1, 0.15) is 48.5 Å². The fourth-order valence-corrected chi connectivity index (χ4v) is 6.77. The van der Waals surface area contributed by atoms with Crippen LogP contribution in [0, 0.1) is 22.6 Å². The first-order valence-corrected chi connectivity index (χ1v) is 14.6. The standard InChI is InChI=1S/C29H25FN6O4S2/c1-29(2)11-20-24(21(37)12-29)23(15-3-7-17(30)8-4-15)19(13-31)25(32)36(20)27-34-35-28(42-27)41-14-22(38)33-18-9-5-16(6-10-18)26(39)40/h3-10,23H,11-12,14,32H2,1-2H3,(H,33,38)(H,39,40). The number of carboxylic acid groups (broad SMARTS) is 1. The lowest BCUT2D eigenvalue weighted by Gasteiger charge is -2.42. The molecule has 1 aliphatic heterocycles. The van der Waals surface area contributed by atoms with Gasteiger partial charge in [-0.1, -0.05) is 49.1 Å². The molecule has 4 N–H and O–H groups in total. The molecule has 2 aliphatic rings. The number of benzene rings is 2. The van der Waals surface area contributed by atoms with Crippen molar-refractivity contribution in [2.24, 2.45) is 11.1 Å². The number of amides is 1. The summed E-state index contributed by atoms with van der Waals surface area (Å²) in [5, 5.41) is 30.7. The second-order valence-corrected chi connectivity index (χ2v) is 12.8. The summed E-state index contributed by atoms with van der Waals surface area (Å²) in [6.45, 7) is 3.96. The minimum absolute atomic E-state index is 0.0101. The van der Waals surface area contributed by atoms with Crippen molar-refractivity contribution in [2.45, 2.75) is 36.9 Å². The van der Waals surface area contributed by atoms with Crippen LogP contribution < -0.4 is 16.0 Å². The van der Waals surface area contributed by atoms with Crippen LogP contribution in [-0.4, -0.2) is 38.7 Å². The Morgan fingerprint density at radius 2 is 1.88 bits per heavy atom. The normalized spacial score (nSPS) is 18.0. The number of nitrogens with two attached hydrogens (primary N) is 1. The Morgan fingerprint density at radius 3 is 2.52 bits per heavy atom. The second kappa shape index (κ2) is 11.4. The maximum Gasteiger partial charge on any atom is 0.335 e. The molecule has 1 aliphatic carbocycles. The summed E-state index contributed by atoms with van der Waals surface area (Å²) < 4.78 is 14.2. The van der Waals surface area contributed by atoms with Crippen LogP contribution in [0.25, 0.3) is 0 Å². The highest BCUT2D eigenvalue weighted by Crippen LogP contribution is 2.50. The van der Waals surface area contributed by atoms with E-state index in [0.717, 1.165) is 11.8 Å². The third-order valence-electron chi connectivity index (χ3n) is 6.91. The van der Waals surface area contributed by atoms with Crippen LogP contribution in [0.4, 0.5) is 15.2 Å². The second-order valence-electron chi connectivity index (χ2n) is 10.6. The molecular formula is C29H25FN6O4S2. The molecule has 2 heterocycles. The summed E-state index contributed by atoms with van der Waals surface area (Å²) in [4.78, 5) is 38.7. The number of ketones is 1. The van der Waals surface area contributed by atoms with Crippen LogP contribution >= 0.6 is 23.1 Å². The highest BCUT2D eigenvalue weighted by Gasteiger charge is 2.45. The number of halogens is 1. The molecule has 1 unspecified atom stereocenters. The average molecular weight is 605 g/mol. The number of anilines is 2. The van der Waals surface area contributed by atoms with Gasteiger partial charge in [-0.05, 0) is 53.8 Å². The number of nitrogens with one attached hydrogen (secondary N) is 1. The molecule has 3 aromatic rings. The number of carboxylic acids is 1. The molecule has 42 heavy (non-hydrogen) atoms. The summed E-state index contributed by atoms with van der Waals surface area (Å²) in [5.74, 6) is -2.54. The van der Waals surface area contributed by atoms with E-state index >= 15 is 0 Å². The fraction of sp³-hybridized carbons (Fsp3) is 0.241. The number of carbonyl (C=O) groups excluding carboxylic acids is 2. The van der Waals surface area contributed by atoms with Crippen LogP contribution in [-0.2, 0) is 9.59 Å². The Balaban J connectivity index is 1.42. The number of nitrogens with zero attached hydrogens (tertiary/aromatic N) is 4. The Hall–Kier alpha value is -4.54. The van der Waals surface area contributed by atoms with Crippen molar-refractivity contribution in [3.05, 3.63) is 88.1 Å². The van der Waals surface area contributed by atoms with Gasteiger partial charge in [-0.3, -0.25) is 14.5 Å². The number of Topliss-reactive ketones (excluding diaryl/α,β-unsaturated/α-hetero) is 1. The van der Waals surface area contributed by atoms with E-state index in [1.807, 2.05) is 13.8 Å². The molecule has 214 valence electrons. The lowest BCUT2D eigenvalue weighted by atomic mass is 9.69. The highest BCUT2D eigenvalue weighted by molar-refractivity contribution is 8.01. The van der Waals surface area contributed by atoms with Crippen molar-refractivity contribution in [2.75, 3.05) is 16.0 Å². The van der Waals surface area contributed by atoms with Crippen molar-refractivity contribution in [3.63, 3.8) is 0 Å². The van der Waals surface area contributed by atoms with Gasteiger partial charge in [0.05, 0.1) is 28.9 Å². The van der Waals surface area contributed by atoms with Crippen molar-refractivity contribution in [1.82, 2.24) is 10.2 Å². The van der Waals surface area contributed by atoms with E-state index in [1.165, 1.54) is 47.7 Å². The maximum absolute atomic E-state index is 13.7. The third-order valence-corrected chi connectivity index (χ3v) is 8.96. The maximum atomic E-state index is 13.7. The predicted octanol–water partition coefficient (Wildman–Crippen LogP) is 5.05. The van der Waals surface area contributed by atoms with Crippen molar-refractivity contribution in [1.29, 1.82) is 5.26 Å². The minimum atomic E-state index is -1.06. The number of nitriles is 1. The summed E-state index contributed by atoms with van der Waals surface area (Å²) in [7, 11) is 0. The van der Waals surface area contributed by atoms with Gasteiger partial charge in [0.25, 0.3) is 0 Å². The summed E-state index contributed by atoms with van der Waals surface area (Å²) >= 11 is 2.32. The minimum Gasteiger partial charge on any atom is -0.478 e. The zero-order chi connectivity index (χ0) is 30.2. The zero-order valence-electron chi connectivity index (χ0n) is 22.6. The molecule has 2 aromatic carbocycles. The van der Waals surface area contributed by atoms with Gasteiger partial charge in [0.15, 0.2) is 10.1 Å². The molecule has 5 rings (SSSR count). The van der Waals surface area contributed by atoms with Gasteiger partial charge < -0.3 is 16.2 Å². The molecule has 0 saturated carbocycles. The number of hydrogen-bond acceptors (Lipinski definition) is 10. The number of hydrogen-bond donors (Lipinski definition) is 3. The van der Waals surface area contributed by atoms with Crippen molar-refractivity contribution >= 4 is 51.6 Å². The molecule has 1 aromatic heterocycles. The first kappa shape index (κ1) is 29.0. The largest absolute Gasteiger partial charge is 0.478 e. The molecule has 1 atom stereocenters. The van der Waals surface area contributed by atoms with E-state index in [0.29, 0.717) is 38.4 Å². The number of carbonyl (C=O) groups is 3. The van der Waals surface area contributed by atoms with Crippen LogP contribution in [0.15, 0.2) is 75.5 Å². The SMILES string of the molecule is CC1(C)CC(=O)C2=C(C1)N(c1nnc(SCC(=O)Nc3ccc(C(=O)O)cc3)s1)C(N)=C(C#N)C2c1ccc(F)cc1. The Kier molecular flexibility index (Phi) is 7.85. The Bertz CT molecular complexity index is 1690. The van der Waals surface area contributed by atoms with E-state index in [9.17, 15) is 24.0 Å². The lowest BCUT2D eigenvalue weighted by molar-refractivity contribution is -0.118. The van der Waals surface area contributed by atoms with Crippen molar-refractivity contribution < 1.29 is 23.9 Å². The van der Waals surface area contributed by atoms with E-state index in [2.05, 4.69) is 21.6 Å². The first-order valence-electron chi connectivity index (χ1n) is 12.8. The molecule has 0 saturated heterocycles. The average Bonchev–Trinajstić information content (AvgIpc) is 3.40. The topological polar surface area (TPSA) is 162 Å². The van der Waals surface area contributed by atoms with E-state index in [-0.39, 0.29) is 46.2 Å². The first-order chi connectivity index (χ1) is 20.0. The van der Waals surface area contributed by atoms with E-state index < -0.39 is 17.7 Å². The van der Waals surface area contributed by atoms with Crippen LogP contribution in [0.2, 0.25) is 0 Å². The summed E-state index contributed by atoms with van der Waals surface area (Å²) in [6.07, 6.45) is 0.762. The number of aromatic nitrogens is 2. The van der Waals surface area contributed by atoms with Gasteiger partial charge >= 0.3 is 5.97 Å². The lowest BCUT2D eigenvalue weighted by Crippen LogP contribution is -2.42. The number of allylic oxidation sites excluding steroid dienone is 3. The fourth-order valence-electron chi connectivity index (χ4n) is 5.09. The molecular weight excluding hydrogens is 579 g/mol. The predicted molar refractivity (Wildman–Crippen MR) is 156 cm³/mol. The van der Waals surface area contributed by atoms with Gasteiger partial charge in [-0.25, -0.2) is 9.18 Å². The summed E-state index contributed by atoms with van der Waals surface area (Å²) in [5.41, 5.74) is 8.60.